The molecular formula is C25H20N4O4. The fraction of sp³-hybridized carbons (Fsp3) is 0.240. The Kier molecular flexibility index (Phi) is 4.46. The Bertz CT molecular complexity index is 1640. The molecule has 0 saturated heterocycles. The van der Waals surface area contributed by atoms with Gasteiger partial charge in [-0.3, -0.25) is 4.79 Å². The van der Waals surface area contributed by atoms with Crippen molar-refractivity contribution in [2.75, 3.05) is 0 Å². The highest BCUT2D eigenvalue weighted by Gasteiger charge is 2.22. The quantitative estimate of drug-likeness (QED) is 0.376. The molecule has 8 heteroatoms. The molecule has 0 atom stereocenters. The lowest BCUT2D eigenvalue weighted by molar-refractivity contribution is 0.429. The lowest BCUT2D eigenvalue weighted by Crippen LogP contribution is -2.26. The van der Waals surface area contributed by atoms with Crippen LogP contribution in [0.25, 0.3) is 44.8 Å². The SMILES string of the molecule is Cc1nc2cc(-c3noc(-c4cc5ccccc5oc4=O)n3)ccc2n(C2CCCC2)c1=O. The van der Waals surface area contributed by atoms with Crippen LogP contribution in [-0.2, 0) is 0 Å². The first-order chi connectivity index (χ1) is 16.1. The predicted molar refractivity (Wildman–Crippen MR) is 123 cm³/mol. The second-order valence-corrected chi connectivity index (χ2v) is 8.42. The van der Waals surface area contributed by atoms with Gasteiger partial charge in [-0.05, 0) is 50.1 Å². The Morgan fingerprint density at radius 2 is 1.82 bits per heavy atom. The first-order valence-corrected chi connectivity index (χ1v) is 11.0. The topological polar surface area (TPSA) is 104 Å². The zero-order valence-electron chi connectivity index (χ0n) is 17.9. The number of hydrogen-bond donors (Lipinski definition) is 0. The number of para-hydroxylation sites is 1. The molecule has 1 fully saturated rings. The highest BCUT2D eigenvalue weighted by Crippen LogP contribution is 2.32. The van der Waals surface area contributed by atoms with E-state index in [0.29, 0.717) is 28.2 Å². The molecule has 0 radical (unpaired) electrons. The van der Waals surface area contributed by atoms with Crippen molar-refractivity contribution in [2.45, 2.75) is 38.6 Å². The number of benzene rings is 2. The molecule has 1 saturated carbocycles. The van der Waals surface area contributed by atoms with Gasteiger partial charge in [0.15, 0.2) is 0 Å². The molecule has 8 nitrogen and oxygen atoms in total. The number of nitrogens with zero attached hydrogens (tertiary/aromatic N) is 4. The lowest BCUT2D eigenvalue weighted by Gasteiger charge is -2.17. The van der Waals surface area contributed by atoms with E-state index in [4.69, 9.17) is 8.94 Å². The highest BCUT2D eigenvalue weighted by molar-refractivity contribution is 5.82. The van der Waals surface area contributed by atoms with Gasteiger partial charge in [-0.15, -0.1) is 0 Å². The van der Waals surface area contributed by atoms with Gasteiger partial charge in [0.1, 0.15) is 16.8 Å². The molecule has 6 rings (SSSR count). The standard InChI is InChI=1S/C25H20N4O4/c1-14-24(30)29(17-7-3-4-8-17)20-11-10-16(13-19(20)26-14)22-27-23(33-28-22)18-12-15-6-2-5-9-21(15)32-25(18)31/h2,5-6,9-13,17H,3-4,7-8H2,1H3. The van der Waals surface area contributed by atoms with Crippen molar-refractivity contribution >= 4 is 22.0 Å². The average Bonchev–Trinajstić information content (AvgIpc) is 3.52. The van der Waals surface area contributed by atoms with E-state index in [9.17, 15) is 9.59 Å². The second kappa shape index (κ2) is 7.51. The van der Waals surface area contributed by atoms with Gasteiger partial charge in [0.2, 0.25) is 5.82 Å². The fourth-order valence-corrected chi connectivity index (χ4v) is 4.65. The number of hydrogen-bond acceptors (Lipinski definition) is 7. The average molecular weight is 440 g/mol. The van der Waals surface area contributed by atoms with Crippen LogP contribution in [0, 0.1) is 6.92 Å². The normalized spacial score (nSPS) is 14.5. The third-order valence-electron chi connectivity index (χ3n) is 6.30. The van der Waals surface area contributed by atoms with Crippen LogP contribution in [0.3, 0.4) is 0 Å². The minimum Gasteiger partial charge on any atom is -0.422 e. The maximum Gasteiger partial charge on any atom is 0.349 e. The van der Waals surface area contributed by atoms with Gasteiger partial charge in [-0.25, -0.2) is 9.78 Å². The van der Waals surface area contributed by atoms with E-state index in [2.05, 4.69) is 15.1 Å². The molecule has 3 heterocycles. The van der Waals surface area contributed by atoms with E-state index in [-0.39, 0.29) is 23.1 Å². The molecular weight excluding hydrogens is 420 g/mol. The van der Waals surface area contributed by atoms with Crippen molar-refractivity contribution < 1.29 is 8.94 Å². The van der Waals surface area contributed by atoms with E-state index >= 15 is 0 Å². The van der Waals surface area contributed by atoms with Gasteiger partial charge >= 0.3 is 5.63 Å². The first kappa shape index (κ1) is 19.6. The van der Waals surface area contributed by atoms with Crippen LogP contribution in [0.4, 0.5) is 0 Å². The summed E-state index contributed by atoms with van der Waals surface area (Å²) in [7, 11) is 0. The van der Waals surface area contributed by atoms with Crippen LogP contribution in [0.15, 0.2) is 67.1 Å². The highest BCUT2D eigenvalue weighted by atomic mass is 16.5. The Labute approximate surface area is 187 Å². The smallest absolute Gasteiger partial charge is 0.349 e. The first-order valence-electron chi connectivity index (χ1n) is 11.0. The predicted octanol–water partition coefficient (Wildman–Crippen LogP) is 4.64. The van der Waals surface area contributed by atoms with E-state index in [1.165, 1.54) is 0 Å². The summed E-state index contributed by atoms with van der Waals surface area (Å²) < 4.78 is 12.7. The van der Waals surface area contributed by atoms with Crippen LogP contribution < -0.4 is 11.2 Å². The van der Waals surface area contributed by atoms with Crippen molar-refractivity contribution in [3.8, 4) is 22.8 Å². The number of aryl methyl sites for hydroxylation is 1. The fourth-order valence-electron chi connectivity index (χ4n) is 4.65. The van der Waals surface area contributed by atoms with Crippen molar-refractivity contribution in [2.24, 2.45) is 0 Å². The van der Waals surface area contributed by atoms with E-state index in [1.807, 2.05) is 34.9 Å². The minimum absolute atomic E-state index is 0.0352. The van der Waals surface area contributed by atoms with Gasteiger partial charge in [0, 0.05) is 17.0 Å². The van der Waals surface area contributed by atoms with Gasteiger partial charge in [-0.2, -0.15) is 4.98 Å². The molecule has 0 N–H and O–H groups in total. The number of rotatable bonds is 3. The second-order valence-electron chi connectivity index (χ2n) is 8.42. The Balaban J connectivity index is 1.44. The van der Waals surface area contributed by atoms with Crippen LogP contribution in [0.2, 0.25) is 0 Å². The summed E-state index contributed by atoms with van der Waals surface area (Å²) in [4.78, 5) is 34.2. The molecule has 0 spiro atoms. The van der Waals surface area contributed by atoms with Crippen molar-refractivity contribution in [3.05, 3.63) is 75.0 Å². The summed E-state index contributed by atoms with van der Waals surface area (Å²) in [5.41, 5.74) is 2.79. The maximum atomic E-state index is 12.8. The molecule has 0 aliphatic heterocycles. The zero-order chi connectivity index (χ0) is 22.5. The summed E-state index contributed by atoms with van der Waals surface area (Å²) in [5.74, 6) is 0.419. The molecule has 1 aliphatic carbocycles. The van der Waals surface area contributed by atoms with Crippen LogP contribution in [0.5, 0.6) is 0 Å². The van der Waals surface area contributed by atoms with Crippen LogP contribution >= 0.6 is 0 Å². The molecule has 33 heavy (non-hydrogen) atoms. The van der Waals surface area contributed by atoms with Gasteiger partial charge in [0.05, 0.1) is 11.0 Å². The molecule has 2 aromatic carbocycles. The molecule has 0 amide bonds. The van der Waals surface area contributed by atoms with Gasteiger partial charge in [0.25, 0.3) is 11.4 Å². The lowest BCUT2D eigenvalue weighted by atomic mass is 10.1. The molecule has 5 aromatic rings. The van der Waals surface area contributed by atoms with Gasteiger partial charge in [-0.1, -0.05) is 36.2 Å². The summed E-state index contributed by atoms with van der Waals surface area (Å²) in [6, 6.07) is 14.7. The molecule has 1 aliphatic rings. The largest absolute Gasteiger partial charge is 0.422 e. The third kappa shape index (κ3) is 3.26. The molecule has 0 bridgehead atoms. The van der Waals surface area contributed by atoms with E-state index < -0.39 is 5.63 Å². The van der Waals surface area contributed by atoms with Crippen LogP contribution in [-0.4, -0.2) is 19.7 Å². The number of aromatic nitrogens is 4. The third-order valence-corrected chi connectivity index (χ3v) is 6.30. The van der Waals surface area contributed by atoms with E-state index in [0.717, 1.165) is 36.6 Å². The van der Waals surface area contributed by atoms with E-state index in [1.54, 1.807) is 25.1 Å². The monoisotopic (exact) mass is 440 g/mol. The van der Waals surface area contributed by atoms with Crippen LogP contribution in [0.1, 0.15) is 37.4 Å². The number of fused-ring (bicyclic) bond motifs is 2. The molecule has 0 unspecified atom stereocenters. The van der Waals surface area contributed by atoms with Crippen molar-refractivity contribution in [1.29, 1.82) is 0 Å². The Morgan fingerprint density at radius 1 is 1.00 bits per heavy atom. The summed E-state index contributed by atoms with van der Waals surface area (Å²) in [6.07, 6.45) is 4.27. The maximum absolute atomic E-state index is 12.8. The summed E-state index contributed by atoms with van der Waals surface area (Å²) in [5, 5.41) is 4.83. The summed E-state index contributed by atoms with van der Waals surface area (Å²) >= 11 is 0. The minimum atomic E-state index is -0.541. The summed E-state index contributed by atoms with van der Waals surface area (Å²) in [6.45, 7) is 1.74. The Morgan fingerprint density at radius 3 is 2.67 bits per heavy atom. The molecule has 3 aromatic heterocycles. The van der Waals surface area contributed by atoms with Crippen molar-refractivity contribution in [3.63, 3.8) is 0 Å². The van der Waals surface area contributed by atoms with Crippen molar-refractivity contribution in [1.82, 2.24) is 19.7 Å². The zero-order valence-corrected chi connectivity index (χ0v) is 17.9. The van der Waals surface area contributed by atoms with Gasteiger partial charge < -0.3 is 13.5 Å². The Hall–Kier alpha value is -4.07. The molecule has 164 valence electrons.